The first-order valence-corrected chi connectivity index (χ1v) is 7.23. The number of nitrogens with one attached hydrogen (secondary N) is 1. The molecule has 0 amide bonds. The highest BCUT2D eigenvalue weighted by molar-refractivity contribution is 5.31. The molecule has 1 aliphatic heterocycles. The summed E-state index contributed by atoms with van der Waals surface area (Å²) in [5.74, 6) is 0. The molecule has 1 saturated heterocycles. The van der Waals surface area contributed by atoms with Gasteiger partial charge in [0.2, 0.25) is 0 Å². The molecule has 1 aliphatic rings. The Morgan fingerprint density at radius 2 is 2.14 bits per heavy atom. The Morgan fingerprint density at radius 1 is 1.41 bits per heavy atom. The first-order chi connectivity index (χ1) is 10.4. The van der Waals surface area contributed by atoms with Crippen LogP contribution in [0.25, 0.3) is 0 Å². The van der Waals surface area contributed by atoms with Crippen molar-refractivity contribution in [3.8, 4) is 0 Å². The van der Waals surface area contributed by atoms with Gasteiger partial charge in [0.05, 0.1) is 24.4 Å². The van der Waals surface area contributed by atoms with Gasteiger partial charge in [-0.3, -0.25) is 0 Å². The summed E-state index contributed by atoms with van der Waals surface area (Å²) in [5.41, 5.74) is -0.901. The number of benzene rings is 1. The van der Waals surface area contributed by atoms with Crippen LogP contribution in [0.15, 0.2) is 24.3 Å². The summed E-state index contributed by atoms with van der Waals surface area (Å²) < 4.78 is 44.3. The topological polar surface area (TPSA) is 44.7 Å². The lowest BCUT2D eigenvalue weighted by molar-refractivity contribution is -0.139. The van der Waals surface area contributed by atoms with Crippen LogP contribution < -0.4 is 5.32 Å². The van der Waals surface area contributed by atoms with Crippen molar-refractivity contribution in [1.82, 2.24) is 10.2 Å². The van der Waals surface area contributed by atoms with E-state index in [9.17, 15) is 18.3 Å². The number of alkyl halides is 3. The molecule has 22 heavy (non-hydrogen) atoms. The van der Waals surface area contributed by atoms with E-state index in [1.54, 1.807) is 0 Å². The largest absolute Gasteiger partial charge is 0.416 e. The van der Waals surface area contributed by atoms with Crippen molar-refractivity contribution in [3.05, 3.63) is 35.4 Å². The first-order valence-electron chi connectivity index (χ1n) is 7.23. The zero-order valence-electron chi connectivity index (χ0n) is 12.4. The van der Waals surface area contributed by atoms with E-state index in [2.05, 4.69) is 10.2 Å². The summed E-state index contributed by atoms with van der Waals surface area (Å²) >= 11 is 0. The lowest BCUT2D eigenvalue weighted by Crippen LogP contribution is -2.45. The Bertz CT molecular complexity index is 482. The minimum Gasteiger partial charge on any atom is -0.387 e. The summed E-state index contributed by atoms with van der Waals surface area (Å²) in [6.45, 7) is 2.83. The highest BCUT2D eigenvalue weighted by Gasteiger charge is 2.34. The number of halogens is 3. The summed E-state index contributed by atoms with van der Waals surface area (Å²) in [4.78, 5) is 2.13. The van der Waals surface area contributed by atoms with Gasteiger partial charge in [-0.2, -0.15) is 13.2 Å². The van der Waals surface area contributed by atoms with Gasteiger partial charge in [-0.15, -0.1) is 0 Å². The van der Waals surface area contributed by atoms with E-state index >= 15 is 0 Å². The number of hydrogen-bond donors (Lipinski definition) is 2. The van der Waals surface area contributed by atoms with Crippen LogP contribution in [0.2, 0.25) is 0 Å². The molecule has 2 rings (SSSR count). The Labute approximate surface area is 127 Å². The average Bonchev–Trinajstić information content (AvgIpc) is 2.46. The van der Waals surface area contributed by atoms with Crippen LogP contribution in [0.4, 0.5) is 13.2 Å². The molecule has 2 N–H and O–H groups in total. The van der Waals surface area contributed by atoms with Crippen LogP contribution in [-0.4, -0.2) is 55.9 Å². The highest BCUT2D eigenvalue weighted by Crippen LogP contribution is 2.34. The van der Waals surface area contributed by atoms with Crippen LogP contribution in [-0.2, 0) is 10.9 Å². The number of hydrogen-bond acceptors (Lipinski definition) is 4. The molecule has 1 aromatic carbocycles. The monoisotopic (exact) mass is 318 g/mol. The molecule has 2 atom stereocenters. The Hall–Kier alpha value is -1.15. The zero-order valence-corrected chi connectivity index (χ0v) is 12.4. The normalized spacial score (nSPS) is 21.8. The molecule has 1 heterocycles. The van der Waals surface area contributed by atoms with Crippen LogP contribution in [0.3, 0.4) is 0 Å². The van der Waals surface area contributed by atoms with Crippen molar-refractivity contribution in [2.75, 3.05) is 39.8 Å². The van der Waals surface area contributed by atoms with E-state index < -0.39 is 17.8 Å². The second-order valence-corrected chi connectivity index (χ2v) is 5.51. The maximum absolute atomic E-state index is 12.9. The van der Waals surface area contributed by atoms with E-state index in [1.165, 1.54) is 18.2 Å². The zero-order chi connectivity index (χ0) is 16.2. The van der Waals surface area contributed by atoms with Crippen LogP contribution in [0.1, 0.15) is 17.2 Å². The molecular formula is C15H21F3N2O2. The average molecular weight is 318 g/mol. The summed E-state index contributed by atoms with van der Waals surface area (Å²) in [6.07, 6.45) is -5.68. The minimum absolute atomic E-state index is 0.0104. The summed E-state index contributed by atoms with van der Waals surface area (Å²) in [5, 5.41) is 13.0. The fourth-order valence-electron chi connectivity index (χ4n) is 2.53. The minimum atomic E-state index is -4.47. The first kappa shape index (κ1) is 17.2. The maximum atomic E-state index is 12.9. The van der Waals surface area contributed by atoms with Gasteiger partial charge in [-0.1, -0.05) is 18.2 Å². The lowest BCUT2D eigenvalue weighted by atomic mass is 10.0. The van der Waals surface area contributed by atoms with Crippen molar-refractivity contribution in [2.24, 2.45) is 0 Å². The van der Waals surface area contributed by atoms with Gasteiger partial charge < -0.3 is 20.1 Å². The van der Waals surface area contributed by atoms with E-state index in [1.807, 2.05) is 7.05 Å². The van der Waals surface area contributed by atoms with Crippen molar-refractivity contribution in [2.45, 2.75) is 18.4 Å². The fraction of sp³-hybridized carbons (Fsp3) is 0.600. The van der Waals surface area contributed by atoms with E-state index in [0.29, 0.717) is 13.2 Å². The molecule has 0 aliphatic carbocycles. The molecule has 0 saturated carbocycles. The molecule has 0 bridgehead atoms. The molecule has 0 unspecified atom stereocenters. The molecule has 7 heteroatoms. The standard InChI is InChI=1S/C15H21F3N2O2/c1-20-6-7-22-11(10-20)8-19-9-14(21)12-4-2-3-5-13(12)15(16,17)18/h2-5,11,14,19,21H,6-10H2,1H3/t11-,14+/m1/s1. The smallest absolute Gasteiger partial charge is 0.387 e. The van der Waals surface area contributed by atoms with Crippen LogP contribution >= 0.6 is 0 Å². The van der Waals surface area contributed by atoms with Gasteiger partial charge in [0, 0.05) is 26.2 Å². The van der Waals surface area contributed by atoms with E-state index in [4.69, 9.17) is 4.74 Å². The quantitative estimate of drug-likeness (QED) is 0.867. The fourth-order valence-corrected chi connectivity index (χ4v) is 2.53. The third-order valence-electron chi connectivity index (χ3n) is 3.68. The van der Waals surface area contributed by atoms with Gasteiger partial charge in [-0.25, -0.2) is 0 Å². The number of rotatable bonds is 5. The van der Waals surface area contributed by atoms with E-state index in [0.717, 1.165) is 19.2 Å². The number of aliphatic hydroxyl groups excluding tert-OH is 1. The second-order valence-electron chi connectivity index (χ2n) is 5.51. The summed E-state index contributed by atoms with van der Waals surface area (Å²) in [7, 11) is 1.99. The van der Waals surface area contributed by atoms with E-state index in [-0.39, 0.29) is 18.2 Å². The molecule has 0 radical (unpaired) electrons. The molecule has 1 fully saturated rings. The molecular weight excluding hydrogens is 297 g/mol. The van der Waals surface area contributed by atoms with Crippen LogP contribution in [0.5, 0.6) is 0 Å². The van der Waals surface area contributed by atoms with Gasteiger partial charge in [-0.05, 0) is 18.7 Å². The second kappa shape index (κ2) is 7.41. The van der Waals surface area contributed by atoms with Crippen molar-refractivity contribution < 1.29 is 23.0 Å². The number of morpholine rings is 1. The third kappa shape index (κ3) is 4.67. The molecule has 0 aromatic heterocycles. The lowest BCUT2D eigenvalue weighted by Gasteiger charge is -2.30. The molecule has 1 aromatic rings. The number of ether oxygens (including phenoxy) is 1. The molecule has 4 nitrogen and oxygen atoms in total. The van der Waals surface area contributed by atoms with Crippen LogP contribution in [0, 0.1) is 0 Å². The van der Waals surface area contributed by atoms with Gasteiger partial charge in [0.1, 0.15) is 0 Å². The predicted octanol–water partition coefficient (Wildman–Crippen LogP) is 1.66. The van der Waals surface area contributed by atoms with Crippen molar-refractivity contribution in [1.29, 1.82) is 0 Å². The maximum Gasteiger partial charge on any atom is 0.416 e. The number of aliphatic hydroxyl groups is 1. The molecule has 0 spiro atoms. The highest BCUT2D eigenvalue weighted by atomic mass is 19.4. The number of likely N-dealkylation sites (N-methyl/N-ethyl adjacent to an activating group) is 1. The van der Waals surface area contributed by atoms with Gasteiger partial charge >= 0.3 is 6.18 Å². The van der Waals surface area contributed by atoms with Gasteiger partial charge in [0.15, 0.2) is 0 Å². The molecule has 124 valence electrons. The Morgan fingerprint density at radius 3 is 2.82 bits per heavy atom. The Kier molecular flexibility index (Phi) is 5.80. The summed E-state index contributed by atoms with van der Waals surface area (Å²) in [6, 6.07) is 5.10. The van der Waals surface area contributed by atoms with Crippen molar-refractivity contribution >= 4 is 0 Å². The predicted molar refractivity (Wildman–Crippen MR) is 76.5 cm³/mol. The number of nitrogens with zero attached hydrogens (tertiary/aromatic N) is 1. The Balaban J connectivity index is 1.89. The third-order valence-corrected chi connectivity index (χ3v) is 3.68. The van der Waals surface area contributed by atoms with Crippen molar-refractivity contribution in [3.63, 3.8) is 0 Å². The SMILES string of the molecule is CN1CCO[C@H](CNC[C@H](O)c2ccccc2C(F)(F)F)C1. The van der Waals surface area contributed by atoms with Gasteiger partial charge in [0.25, 0.3) is 0 Å².